The topological polar surface area (TPSA) is 67.2 Å². The number of amides is 2. The molecule has 2 fully saturated rings. The first kappa shape index (κ1) is 14.1. The highest BCUT2D eigenvalue weighted by Crippen LogP contribution is 2.40. The fraction of sp³-hybridized carbons (Fsp3) is 0.667. The van der Waals surface area contributed by atoms with E-state index in [0.29, 0.717) is 18.3 Å². The first-order valence-corrected chi connectivity index (χ1v) is 7.65. The van der Waals surface area contributed by atoms with Gasteiger partial charge in [0.2, 0.25) is 11.8 Å². The van der Waals surface area contributed by atoms with Gasteiger partial charge >= 0.3 is 0 Å². The zero-order valence-corrected chi connectivity index (χ0v) is 12.6. The lowest BCUT2D eigenvalue weighted by Gasteiger charge is -2.31. The summed E-state index contributed by atoms with van der Waals surface area (Å²) in [7, 11) is 1.92. The minimum Gasteiger partial charge on any atom is -0.342 e. The maximum atomic E-state index is 12.3. The molecule has 114 valence electrons. The normalized spacial score (nSPS) is 22.2. The van der Waals surface area contributed by atoms with Crippen molar-refractivity contribution in [3.05, 3.63) is 11.8 Å². The number of aromatic nitrogens is 2. The molecule has 3 rings (SSSR count). The molecule has 0 aromatic carbocycles. The second-order valence-corrected chi connectivity index (χ2v) is 6.15. The summed E-state index contributed by atoms with van der Waals surface area (Å²) < 4.78 is 1.86. The van der Waals surface area contributed by atoms with Crippen LogP contribution in [0, 0.1) is 5.92 Å². The van der Waals surface area contributed by atoms with E-state index in [4.69, 9.17) is 0 Å². The SMILES string of the molecule is CC(=O)N1CCCC(C(=O)Nc2cc(C3CC3)n(C)n2)C1. The smallest absolute Gasteiger partial charge is 0.230 e. The van der Waals surface area contributed by atoms with Gasteiger partial charge in [-0.3, -0.25) is 14.3 Å². The molecule has 2 aliphatic rings. The van der Waals surface area contributed by atoms with E-state index >= 15 is 0 Å². The Morgan fingerprint density at radius 1 is 1.33 bits per heavy atom. The van der Waals surface area contributed by atoms with Gasteiger partial charge in [-0.25, -0.2) is 0 Å². The molecule has 1 atom stereocenters. The molecule has 1 aliphatic heterocycles. The molecule has 1 aromatic heterocycles. The third-order valence-electron chi connectivity index (χ3n) is 4.40. The Balaban J connectivity index is 1.63. The second-order valence-electron chi connectivity index (χ2n) is 6.15. The predicted octanol–water partition coefficient (Wildman–Crippen LogP) is 1.49. The van der Waals surface area contributed by atoms with E-state index in [2.05, 4.69) is 10.4 Å². The van der Waals surface area contributed by atoms with Gasteiger partial charge < -0.3 is 10.2 Å². The minimum absolute atomic E-state index is 0.0265. The highest BCUT2D eigenvalue weighted by atomic mass is 16.2. The summed E-state index contributed by atoms with van der Waals surface area (Å²) in [6, 6.07) is 1.97. The van der Waals surface area contributed by atoms with Gasteiger partial charge in [-0.05, 0) is 25.7 Å². The molecule has 2 heterocycles. The molecule has 1 saturated carbocycles. The van der Waals surface area contributed by atoms with Gasteiger partial charge in [0.05, 0.1) is 5.92 Å². The largest absolute Gasteiger partial charge is 0.342 e. The standard InChI is InChI=1S/C15H22N4O2/c1-10(20)19-7-3-4-12(9-19)15(21)16-14-8-13(11-5-6-11)18(2)17-14/h8,11-12H,3-7,9H2,1-2H3,(H,16,17,21). The summed E-state index contributed by atoms with van der Waals surface area (Å²) in [5, 5.41) is 7.27. The molecule has 0 spiro atoms. The van der Waals surface area contributed by atoms with Crippen molar-refractivity contribution in [3.8, 4) is 0 Å². The number of piperidine rings is 1. The lowest BCUT2D eigenvalue weighted by Crippen LogP contribution is -2.42. The van der Waals surface area contributed by atoms with Crippen molar-refractivity contribution in [1.29, 1.82) is 0 Å². The Morgan fingerprint density at radius 3 is 2.76 bits per heavy atom. The average molecular weight is 290 g/mol. The van der Waals surface area contributed by atoms with Crippen molar-refractivity contribution in [2.24, 2.45) is 13.0 Å². The lowest BCUT2D eigenvalue weighted by atomic mass is 9.97. The molecule has 1 saturated heterocycles. The fourth-order valence-corrected chi connectivity index (χ4v) is 3.01. The van der Waals surface area contributed by atoms with E-state index in [0.717, 1.165) is 19.4 Å². The highest BCUT2D eigenvalue weighted by molar-refractivity contribution is 5.92. The van der Waals surface area contributed by atoms with Crippen molar-refractivity contribution in [2.45, 2.75) is 38.5 Å². The summed E-state index contributed by atoms with van der Waals surface area (Å²) in [5.41, 5.74) is 1.19. The van der Waals surface area contributed by atoms with Crippen LogP contribution in [0.5, 0.6) is 0 Å². The van der Waals surface area contributed by atoms with Crippen LogP contribution in [0.25, 0.3) is 0 Å². The van der Waals surface area contributed by atoms with Crippen molar-refractivity contribution < 1.29 is 9.59 Å². The van der Waals surface area contributed by atoms with Crippen LogP contribution in [0.1, 0.15) is 44.2 Å². The molecule has 2 amide bonds. The highest BCUT2D eigenvalue weighted by Gasteiger charge is 2.29. The van der Waals surface area contributed by atoms with Crippen LogP contribution < -0.4 is 5.32 Å². The van der Waals surface area contributed by atoms with E-state index in [1.54, 1.807) is 11.8 Å². The fourth-order valence-electron chi connectivity index (χ4n) is 3.01. The predicted molar refractivity (Wildman–Crippen MR) is 78.8 cm³/mol. The number of nitrogens with one attached hydrogen (secondary N) is 1. The molecular weight excluding hydrogens is 268 g/mol. The van der Waals surface area contributed by atoms with Crippen LogP contribution in [0.4, 0.5) is 5.82 Å². The average Bonchev–Trinajstić information content (AvgIpc) is 3.23. The number of hydrogen-bond acceptors (Lipinski definition) is 3. The van der Waals surface area contributed by atoms with Gasteiger partial charge in [-0.2, -0.15) is 5.10 Å². The van der Waals surface area contributed by atoms with Crippen molar-refractivity contribution in [1.82, 2.24) is 14.7 Å². The van der Waals surface area contributed by atoms with Gasteiger partial charge in [-0.15, -0.1) is 0 Å². The lowest BCUT2D eigenvalue weighted by molar-refractivity contribution is -0.132. The molecule has 1 aromatic rings. The summed E-state index contributed by atoms with van der Waals surface area (Å²) in [5.74, 6) is 1.12. The van der Waals surface area contributed by atoms with Gasteiger partial charge in [0, 0.05) is 44.7 Å². The van der Waals surface area contributed by atoms with Crippen LogP contribution in [-0.4, -0.2) is 39.6 Å². The van der Waals surface area contributed by atoms with E-state index in [-0.39, 0.29) is 17.7 Å². The Bertz CT molecular complexity index is 562. The van der Waals surface area contributed by atoms with Crippen LogP contribution in [0.3, 0.4) is 0 Å². The van der Waals surface area contributed by atoms with Gasteiger partial charge in [0.1, 0.15) is 0 Å². The first-order valence-electron chi connectivity index (χ1n) is 7.65. The number of hydrogen-bond donors (Lipinski definition) is 1. The molecule has 6 heteroatoms. The van der Waals surface area contributed by atoms with E-state index < -0.39 is 0 Å². The zero-order valence-electron chi connectivity index (χ0n) is 12.6. The van der Waals surface area contributed by atoms with Gasteiger partial charge in [-0.1, -0.05) is 0 Å². The van der Waals surface area contributed by atoms with E-state index in [1.807, 2.05) is 17.8 Å². The summed E-state index contributed by atoms with van der Waals surface area (Å²) >= 11 is 0. The summed E-state index contributed by atoms with van der Waals surface area (Å²) in [6.45, 7) is 2.83. The molecular formula is C15H22N4O2. The molecule has 0 bridgehead atoms. The van der Waals surface area contributed by atoms with Crippen LogP contribution in [0.15, 0.2) is 6.07 Å². The minimum atomic E-state index is -0.131. The van der Waals surface area contributed by atoms with Crippen molar-refractivity contribution >= 4 is 17.6 Å². The number of rotatable bonds is 3. The molecule has 0 radical (unpaired) electrons. The van der Waals surface area contributed by atoms with E-state index in [1.165, 1.54) is 18.5 Å². The van der Waals surface area contributed by atoms with Crippen LogP contribution in [0.2, 0.25) is 0 Å². The van der Waals surface area contributed by atoms with Gasteiger partial charge in [0.25, 0.3) is 0 Å². The number of carbonyl (C=O) groups is 2. The van der Waals surface area contributed by atoms with Crippen molar-refractivity contribution in [3.63, 3.8) is 0 Å². The number of nitrogens with zero attached hydrogens (tertiary/aromatic N) is 3. The summed E-state index contributed by atoms with van der Waals surface area (Å²) in [4.78, 5) is 25.5. The third-order valence-corrected chi connectivity index (χ3v) is 4.40. The zero-order chi connectivity index (χ0) is 15.0. The Hall–Kier alpha value is -1.85. The number of likely N-dealkylation sites (tertiary alicyclic amines) is 1. The molecule has 1 unspecified atom stereocenters. The monoisotopic (exact) mass is 290 g/mol. The third kappa shape index (κ3) is 3.09. The number of anilines is 1. The van der Waals surface area contributed by atoms with Crippen molar-refractivity contribution in [2.75, 3.05) is 18.4 Å². The molecule has 1 aliphatic carbocycles. The Kier molecular flexibility index (Phi) is 3.69. The van der Waals surface area contributed by atoms with E-state index in [9.17, 15) is 9.59 Å². The van der Waals surface area contributed by atoms with Crippen LogP contribution in [-0.2, 0) is 16.6 Å². The Labute approximate surface area is 124 Å². The number of aryl methyl sites for hydroxylation is 1. The second kappa shape index (κ2) is 5.50. The number of carbonyl (C=O) groups excluding carboxylic acids is 2. The molecule has 6 nitrogen and oxygen atoms in total. The quantitative estimate of drug-likeness (QED) is 0.917. The molecule has 21 heavy (non-hydrogen) atoms. The van der Waals surface area contributed by atoms with Crippen LogP contribution >= 0.6 is 0 Å². The Morgan fingerprint density at radius 2 is 2.10 bits per heavy atom. The molecule has 1 N–H and O–H groups in total. The first-order chi connectivity index (χ1) is 10.0. The maximum Gasteiger partial charge on any atom is 0.230 e. The maximum absolute atomic E-state index is 12.3. The van der Waals surface area contributed by atoms with Gasteiger partial charge in [0.15, 0.2) is 5.82 Å². The summed E-state index contributed by atoms with van der Waals surface area (Å²) in [6.07, 6.45) is 4.14.